The molecule has 1 saturated heterocycles. The summed E-state index contributed by atoms with van der Waals surface area (Å²) in [6.07, 6.45) is 11.2. The van der Waals surface area contributed by atoms with Crippen molar-refractivity contribution in [3.8, 4) is 28.9 Å². The number of H-pyrrole nitrogens is 1. The number of nitrogens with one attached hydrogen (secondary N) is 1. The summed E-state index contributed by atoms with van der Waals surface area (Å²) in [5.74, 6) is 2.14. The van der Waals surface area contributed by atoms with E-state index in [0.717, 1.165) is 18.0 Å². The molecule has 2 unspecified atom stereocenters. The molecule has 2 fully saturated rings. The van der Waals surface area contributed by atoms with Crippen LogP contribution in [0.2, 0.25) is 0 Å². The van der Waals surface area contributed by atoms with Crippen molar-refractivity contribution in [2.75, 3.05) is 6.54 Å². The Morgan fingerprint density at radius 2 is 2.07 bits per heavy atom. The molecule has 1 N–H and O–H groups in total. The monoisotopic (exact) mass is 409 g/mol. The number of likely N-dealkylation sites (tertiary alicyclic amines) is 1. The number of ether oxygens (including phenoxy) is 1. The molecule has 146 valence electrons. The van der Waals surface area contributed by atoms with Crippen molar-refractivity contribution >= 4 is 6.29 Å². The number of aromatic amines is 1. The van der Waals surface area contributed by atoms with E-state index >= 15 is 0 Å². The van der Waals surface area contributed by atoms with E-state index in [-0.39, 0.29) is 29.6 Å². The minimum atomic E-state index is 0. The van der Waals surface area contributed by atoms with Gasteiger partial charge >= 0.3 is 29.6 Å². The molecule has 1 aliphatic heterocycles. The van der Waals surface area contributed by atoms with E-state index in [1.54, 1.807) is 30.8 Å². The van der Waals surface area contributed by atoms with Crippen LogP contribution in [0.5, 0.6) is 11.5 Å². The Balaban J connectivity index is 0.000000214. The summed E-state index contributed by atoms with van der Waals surface area (Å²) in [7, 11) is 0. The fraction of sp³-hybridized carbons (Fsp3) is 0.273. The molecule has 1 aliphatic carbocycles. The van der Waals surface area contributed by atoms with Crippen LogP contribution in [0.3, 0.4) is 0 Å². The number of benzene rings is 1. The summed E-state index contributed by atoms with van der Waals surface area (Å²) in [6, 6.07) is 13.4. The number of nitrogens with zero attached hydrogens (tertiary/aromatic N) is 4. The van der Waals surface area contributed by atoms with Crippen molar-refractivity contribution in [2.24, 2.45) is 5.92 Å². The predicted octanol–water partition coefficient (Wildman–Crippen LogP) is 0.678. The fourth-order valence-electron chi connectivity index (χ4n) is 3.85. The first-order chi connectivity index (χ1) is 14.3. The van der Waals surface area contributed by atoms with Gasteiger partial charge in [-0.1, -0.05) is 23.9 Å². The average Bonchev–Trinajstić information content (AvgIpc) is 3.52. The van der Waals surface area contributed by atoms with Crippen molar-refractivity contribution < 1.29 is 39.1 Å². The minimum absolute atomic E-state index is 0. The van der Waals surface area contributed by atoms with Gasteiger partial charge in [0, 0.05) is 36.3 Å². The Bertz CT molecular complexity index is 1020. The molecule has 2 bridgehead atoms. The maximum atomic E-state index is 10.6. The van der Waals surface area contributed by atoms with E-state index in [9.17, 15) is 4.79 Å². The molecule has 2 aliphatic rings. The van der Waals surface area contributed by atoms with E-state index in [2.05, 4.69) is 21.4 Å². The number of rotatable bonds is 4. The van der Waals surface area contributed by atoms with Crippen LogP contribution in [0, 0.1) is 17.4 Å². The summed E-state index contributed by atoms with van der Waals surface area (Å²) in [6.45, 7) is 1.04. The van der Waals surface area contributed by atoms with Gasteiger partial charge < -0.3 is 19.5 Å². The number of para-hydroxylation sites is 1. The van der Waals surface area contributed by atoms with Gasteiger partial charge in [0.2, 0.25) is 0 Å². The Morgan fingerprint density at radius 3 is 2.67 bits per heavy atom. The molecule has 30 heavy (non-hydrogen) atoms. The van der Waals surface area contributed by atoms with Gasteiger partial charge in [0.05, 0.1) is 6.20 Å². The largest absolute Gasteiger partial charge is 1.00 e. The molecule has 0 radical (unpaired) electrons. The summed E-state index contributed by atoms with van der Waals surface area (Å²) >= 11 is 0. The van der Waals surface area contributed by atoms with Crippen LogP contribution in [0.1, 0.15) is 25.0 Å². The van der Waals surface area contributed by atoms with Gasteiger partial charge in [0.1, 0.15) is 5.75 Å². The van der Waals surface area contributed by atoms with Crippen LogP contribution in [-0.4, -0.2) is 39.0 Å². The van der Waals surface area contributed by atoms with Gasteiger partial charge in [0.15, 0.2) is 11.9 Å². The van der Waals surface area contributed by atoms with E-state index in [1.807, 2.05) is 35.2 Å². The summed E-state index contributed by atoms with van der Waals surface area (Å²) in [4.78, 5) is 16.6. The molecule has 1 saturated carbocycles. The molecule has 0 spiro atoms. The van der Waals surface area contributed by atoms with E-state index in [4.69, 9.17) is 10.00 Å². The van der Waals surface area contributed by atoms with E-state index in [0.29, 0.717) is 28.9 Å². The molecule has 2 atom stereocenters. The Morgan fingerprint density at radius 1 is 1.23 bits per heavy atom. The number of fused-ring (bicyclic) bond motifs is 2. The van der Waals surface area contributed by atoms with Gasteiger partial charge in [-0.25, -0.2) is 0 Å². The summed E-state index contributed by atoms with van der Waals surface area (Å²) < 4.78 is 5.79. The summed E-state index contributed by atoms with van der Waals surface area (Å²) in [5, 5.41) is 15.2. The van der Waals surface area contributed by atoms with Crippen molar-refractivity contribution in [3.05, 3.63) is 60.6 Å². The first-order valence-electron chi connectivity index (χ1n) is 9.54. The van der Waals surface area contributed by atoms with E-state index in [1.165, 1.54) is 19.3 Å². The van der Waals surface area contributed by atoms with Crippen LogP contribution in [0.25, 0.3) is 11.3 Å². The first-order valence-corrected chi connectivity index (χ1v) is 9.54. The Hall–Kier alpha value is -2.66. The second-order valence-corrected chi connectivity index (χ2v) is 7.14. The number of hydrogen-bond donors (Lipinski definition) is 1. The fourth-order valence-corrected chi connectivity index (χ4v) is 3.85. The number of pyridine rings is 1. The smallest absolute Gasteiger partial charge is 0.455 e. The van der Waals surface area contributed by atoms with Crippen LogP contribution in [-0.2, 0) is 4.79 Å². The van der Waals surface area contributed by atoms with Crippen molar-refractivity contribution in [3.63, 3.8) is 0 Å². The zero-order chi connectivity index (χ0) is 20.1. The molecule has 0 amide bonds. The topological polar surface area (TPSA) is 94.9 Å². The number of piperidine rings is 1. The predicted molar refractivity (Wildman–Crippen MR) is 107 cm³/mol. The second kappa shape index (κ2) is 10.4. The van der Waals surface area contributed by atoms with E-state index < -0.39 is 0 Å². The standard InChI is InChI=1S/C15H10N3O2.C7H10N2.Na/c19-10-11-8-14(18-17-11)13-6-7-16-9-15(13)20-12-4-2-1-3-5-12;8-5-9-4-6-1-2-7(9)3-6;/h1-9H,(H,17,18);6-7H,1-4H2;/q-1;;+1. The molecule has 3 aromatic rings. The molecule has 5 rings (SSSR count). The summed E-state index contributed by atoms with van der Waals surface area (Å²) in [5.41, 5.74) is 1.65. The van der Waals surface area contributed by atoms with Crippen LogP contribution < -0.4 is 34.3 Å². The Kier molecular flexibility index (Phi) is 7.63. The van der Waals surface area contributed by atoms with Gasteiger partial charge in [-0.05, 0) is 43.4 Å². The SMILES string of the molecule is N#CN1CC2CCC1C2.O=[C-]c1cc(-c2ccncc2Oc2ccccc2)n[nH]1.[Na+]. The van der Waals surface area contributed by atoms with Crippen molar-refractivity contribution in [1.29, 1.82) is 5.26 Å². The third-order valence-corrected chi connectivity index (χ3v) is 5.26. The van der Waals surface area contributed by atoms with Gasteiger partial charge in [0.25, 0.3) is 0 Å². The first kappa shape index (κ1) is 22.0. The number of hydrogen-bond acceptors (Lipinski definition) is 6. The Labute approximate surface area is 197 Å². The molecular weight excluding hydrogens is 389 g/mol. The molecule has 8 heteroatoms. The van der Waals surface area contributed by atoms with Gasteiger partial charge in [-0.3, -0.25) is 4.98 Å². The quantitative estimate of drug-likeness (QED) is 0.387. The maximum Gasteiger partial charge on any atom is 1.00 e. The van der Waals surface area contributed by atoms with Crippen LogP contribution in [0.15, 0.2) is 54.9 Å². The van der Waals surface area contributed by atoms with Crippen molar-refractivity contribution in [1.82, 2.24) is 20.1 Å². The maximum absolute atomic E-state index is 10.6. The zero-order valence-electron chi connectivity index (χ0n) is 16.8. The normalized spacial score (nSPS) is 18.6. The minimum Gasteiger partial charge on any atom is -0.455 e. The van der Waals surface area contributed by atoms with Crippen LogP contribution >= 0.6 is 0 Å². The zero-order valence-corrected chi connectivity index (χ0v) is 18.8. The third-order valence-electron chi connectivity index (χ3n) is 5.26. The molecule has 1 aromatic carbocycles. The molecular formula is C22H20N5NaO2. The second-order valence-electron chi connectivity index (χ2n) is 7.14. The van der Waals surface area contributed by atoms with Gasteiger partial charge in [-0.2, -0.15) is 16.4 Å². The molecule has 7 nitrogen and oxygen atoms in total. The van der Waals surface area contributed by atoms with Gasteiger partial charge in [-0.15, -0.1) is 0 Å². The number of aromatic nitrogens is 3. The van der Waals surface area contributed by atoms with Crippen LogP contribution in [0.4, 0.5) is 0 Å². The number of carbonyl (C=O) groups excluding carboxylic acids is 1. The average molecular weight is 409 g/mol. The molecule has 3 heterocycles. The van der Waals surface area contributed by atoms with Crippen molar-refractivity contribution in [2.45, 2.75) is 25.3 Å². The third kappa shape index (κ3) is 5.08. The molecule has 2 aromatic heterocycles. The number of nitriles is 1.